The highest BCUT2D eigenvalue weighted by molar-refractivity contribution is 6.05. The highest BCUT2D eigenvalue weighted by Gasteiger charge is 2.43. The van der Waals surface area contributed by atoms with Crippen LogP contribution in [0.5, 0.6) is 0 Å². The summed E-state index contributed by atoms with van der Waals surface area (Å²) in [7, 11) is 0. The summed E-state index contributed by atoms with van der Waals surface area (Å²) in [6, 6.07) is 96.0. The average molecular weight is 863 g/mol. The Balaban J connectivity index is 1.29. The van der Waals surface area contributed by atoms with Crippen LogP contribution in [-0.4, -0.2) is 0 Å². The third kappa shape index (κ3) is 7.69. The molecule has 0 unspecified atom stereocenters. The minimum Gasteiger partial charge on any atom is -0.310 e. The highest BCUT2D eigenvalue weighted by atomic mass is 15.2. The van der Waals surface area contributed by atoms with Crippen LogP contribution < -0.4 is 19.6 Å². The van der Waals surface area contributed by atoms with Gasteiger partial charge in [-0.25, -0.2) is 0 Å². The smallest absolute Gasteiger partial charge is 0.0564 e. The summed E-state index contributed by atoms with van der Waals surface area (Å²) in [6.07, 6.45) is 0. The van der Waals surface area contributed by atoms with E-state index in [9.17, 15) is 0 Å². The molecule has 0 aromatic heterocycles. The topological polar surface area (TPSA) is 13.0 Å². The van der Waals surface area contributed by atoms with Crippen molar-refractivity contribution in [2.45, 2.75) is 19.3 Å². The third-order valence-electron chi connectivity index (χ3n) is 12.9. The Morgan fingerprint density at radius 3 is 0.627 bits per heavy atom. The summed E-state index contributed by atoms with van der Waals surface area (Å²) in [5.41, 5.74) is 17.4. The first kappa shape index (κ1) is 41.1. The Bertz CT molecular complexity index is 2860. The van der Waals surface area contributed by atoms with Gasteiger partial charge in [0.15, 0.2) is 0 Å². The number of para-hydroxylation sites is 8. The lowest BCUT2D eigenvalue weighted by Crippen LogP contribution is -2.19. The van der Waals surface area contributed by atoms with Crippen molar-refractivity contribution in [1.82, 2.24) is 0 Å². The molecule has 4 heteroatoms. The lowest BCUT2D eigenvalue weighted by molar-refractivity contribution is 0.660. The van der Waals surface area contributed by atoms with Gasteiger partial charge in [-0.3, -0.25) is 0 Å². The van der Waals surface area contributed by atoms with Gasteiger partial charge in [-0.05, 0) is 132 Å². The van der Waals surface area contributed by atoms with E-state index in [1.54, 1.807) is 0 Å². The molecule has 0 atom stereocenters. The van der Waals surface area contributed by atoms with Crippen molar-refractivity contribution in [2.24, 2.45) is 0 Å². The number of benzene rings is 10. The SMILES string of the molecule is CC1(C)c2cc(N(c3ccccc3)c3ccccc3)cc(N(c3ccccc3)c3ccccc3)c2-c2c(N(c3ccccc3)c3ccccc3)cc(N(c3ccccc3)c3ccccc3)cc21. The van der Waals surface area contributed by atoms with Crippen molar-refractivity contribution < 1.29 is 0 Å². The maximum absolute atomic E-state index is 2.46. The molecule has 0 amide bonds. The summed E-state index contributed by atoms with van der Waals surface area (Å²) in [4.78, 5) is 9.70. The van der Waals surface area contributed by atoms with Crippen molar-refractivity contribution >= 4 is 68.2 Å². The van der Waals surface area contributed by atoms with E-state index in [0.717, 1.165) is 68.2 Å². The molecule has 67 heavy (non-hydrogen) atoms. The summed E-state index contributed by atoms with van der Waals surface area (Å²) in [5, 5.41) is 0. The van der Waals surface area contributed by atoms with E-state index >= 15 is 0 Å². The first-order valence-corrected chi connectivity index (χ1v) is 23.0. The van der Waals surface area contributed by atoms with E-state index in [0.29, 0.717) is 0 Å². The molecule has 0 bridgehead atoms. The molecule has 0 radical (unpaired) electrons. The molecule has 0 N–H and O–H groups in total. The van der Waals surface area contributed by atoms with Crippen molar-refractivity contribution in [1.29, 1.82) is 0 Å². The van der Waals surface area contributed by atoms with Gasteiger partial charge in [0, 0.05) is 73.4 Å². The molecule has 0 heterocycles. The minimum absolute atomic E-state index is 0.476. The molecule has 11 rings (SSSR count). The summed E-state index contributed by atoms with van der Waals surface area (Å²) in [5.74, 6) is 0. The van der Waals surface area contributed by atoms with Crippen LogP contribution in [0.4, 0.5) is 68.2 Å². The molecule has 4 nitrogen and oxygen atoms in total. The van der Waals surface area contributed by atoms with Gasteiger partial charge in [-0.2, -0.15) is 0 Å². The lowest BCUT2D eigenvalue weighted by atomic mass is 9.81. The molecule has 0 spiro atoms. The Kier molecular flexibility index (Phi) is 10.9. The highest BCUT2D eigenvalue weighted by Crippen LogP contribution is 2.61. The van der Waals surface area contributed by atoms with Crippen LogP contribution in [-0.2, 0) is 5.41 Å². The van der Waals surface area contributed by atoms with E-state index in [1.165, 1.54) is 22.3 Å². The minimum atomic E-state index is -0.476. The number of rotatable bonds is 12. The predicted octanol–water partition coefficient (Wildman–Crippen LogP) is 17.9. The van der Waals surface area contributed by atoms with Crippen LogP contribution in [0.2, 0.25) is 0 Å². The van der Waals surface area contributed by atoms with Crippen LogP contribution in [0.15, 0.2) is 267 Å². The Morgan fingerprint density at radius 2 is 0.418 bits per heavy atom. The van der Waals surface area contributed by atoms with Crippen molar-refractivity contribution in [3.63, 3.8) is 0 Å². The van der Waals surface area contributed by atoms with Crippen molar-refractivity contribution in [3.05, 3.63) is 278 Å². The summed E-state index contributed by atoms with van der Waals surface area (Å²) >= 11 is 0. The number of fused-ring (bicyclic) bond motifs is 3. The van der Waals surface area contributed by atoms with Crippen molar-refractivity contribution in [3.8, 4) is 11.1 Å². The molecule has 0 aliphatic heterocycles. The Labute approximate surface area is 394 Å². The van der Waals surface area contributed by atoms with Gasteiger partial charge in [0.05, 0.1) is 11.4 Å². The molecule has 0 saturated carbocycles. The monoisotopic (exact) mass is 862 g/mol. The Hall–Kier alpha value is -8.60. The lowest BCUT2D eigenvalue weighted by Gasteiger charge is -2.34. The van der Waals surface area contributed by atoms with Gasteiger partial charge < -0.3 is 19.6 Å². The fourth-order valence-corrected chi connectivity index (χ4v) is 9.86. The first-order chi connectivity index (χ1) is 33.0. The molecular weight excluding hydrogens is 813 g/mol. The van der Waals surface area contributed by atoms with Crippen molar-refractivity contribution in [2.75, 3.05) is 19.6 Å². The normalized spacial score (nSPS) is 12.1. The average Bonchev–Trinajstić information content (AvgIpc) is 3.62. The predicted molar refractivity (Wildman–Crippen MR) is 283 cm³/mol. The molecule has 0 saturated heterocycles. The zero-order valence-corrected chi connectivity index (χ0v) is 37.7. The van der Waals surface area contributed by atoms with Gasteiger partial charge in [0.2, 0.25) is 0 Å². The molecule has 0 fully saturated rings. The fourth-order valence-electron chi connectivity index (χ4n) is 9.86. The van der Waals surface area contributed by atoms with Gasteiger partial charge >= 0.3 is 0 Å². The first-order valence-electron chi connectivity index (χ1n) is 23.0. The van der Waals surface area contributed by atoms with E-state index in [-0.39, 0.29) is 0 Å². The van der Waals surface area contributed by atoms with Crippen LogP contribution in [0.25, 0.3) is 11.1 Å². The van der Waals surface area contributed by atoms with Crippen LogP contribution in [0, 0.1) is 0 Å². The third-order valence-corrected chi connectivity index (χ3v) is 12.9. The number of hydrogen-bond acceptors (Lipinski definition) is 4. The quantitative estimate of drug-likeness (QED) is 0.121. The van der Waals surface area contributed by atoms with E-state index in [1.807, 2.05) is 0 Å². The molecule has 322 valence electrons. The summed E-state index contributed by atoms with van der Waals surface area (Å²) in [6.45, 7) is 4.82. The fraction of sp³-hybridized carbons (Fsp3) is 0.0476. The molecule has 10 aromatic carbocycles. The molecular formula is C63H50N4. The number of anilines is 12. The van der Waals surface area contributed by atoms with Gasteiger partial charge in [-0.1, -0.05) is 159 Å². The maximum atomic E-state index is 2.46. The van der Waals surface area contributed by atoms with E-state index in [2.05, 4.69) is 300 Å². The van der Waals surface area contributed by atoms with E-state index < -0.39 is 5.41 Å². The molecule has 1 aliphatic rings. The molecule has 1 aliphatic carbocycles. The summed E-state index contributed by atoms with van der Waals surface area (Å²) < 4.78 is 0. The zero-order valence-electron chi connectivity index (χ0n) is 37.7. The van der Waals surface area contributed by atoms with Gasteiger partial charge in [-0.15, -0.1) is 0 Å². The Morgan fingerprint density at radius 1 is 0.224 bits per heavy atom. The second-order valence-corrected chi connectivity index (χ2v) is 17.4. The van der Waals surface area contributed by atoms with Gasteiger partial charge in [0.25, 0.3) is 0 Å². The standard InChI is InChI=1S/C63H50N4/c1-63(2)57-43-55(64(47-27-11-3-12-28-47)48-29-13-4-14-30-48)45-59(66(51-35-19-7-20-36-51)52-37-21-8-22-38-52)61(57)62-58(63)44-56(65(49-31-15-5-16-32-49)50-33-17-6-18-34-50)46-60(62)67(53-39-23-9-24-40-53)54-41-25-10-26-42-54/h3-46H,1-2H3. The number of hydrogen-bond donors (Lipinski definition) is 0. The van der Waals surface area contributed by atoms with E-state index in [4.69, 9.17) is 0 Å². The second-order valence-electron chi connectivity index (χ2n) is 17.4. The van der Waals surface area contributed by atoms with Gasteiger partial charge in [0.1, 0.15) is 0 Å². The van der Waals surface area contributed by atoms with Crippen LogP contribution >= 0.6 is 0 Å². The molecule has 10 aromatic rings. The largest absolute Gasteiger partial charge is 0.310 e. The van der Waals surface area contributed by atoms with Crippen LogP contribution in [0.1, 0.15) is 25.0 Å². The van der Waals surface area contributed by atoms with Crippen LogP contribution in [0.3, 0.4) is 0 Å². The number of nitrogens with zero attached hydrogens (tertiary/aromatic N) is 4. The maximum Gasteiger partial charge on any atom is 0.0564 e. The second kappa shape index (κ2) is 17.8. The zero-order chi connectivity index (χ0) is 45.2.